The second-order valence-corrected chi connectivity index (χ2v) is 8.26. The molecule has 32 heavy (non-hydrogen) atoms. The van der Waals surface area contributed by atoms with Crippen LogP contribution < -0.4 is 23.8 Å². The third-order valence-corrected chi connectivity index (χ3v) is 6.60. The zero-order valence-electron chi connectivity index (χ0n) is 19.3. The Balaban J connectivity index is 1.42. The maximum Gasteiger partial charge on any atom is 0.203 e. The molecule has 1 fully saturated rings. The van der Waals surface area contributed by atoms with E-state index in [-0.39, 0.29) is 11.7 Å². The van der Waals surface area contributed by atoms with Crippen molar-refractivity contribution in [3.05, 3.63) is 41.5 Å². The summed E-state index contributed by atoms with van der Waals surface area (Å²) in [6.45, 7) is 4.56. The van der Waals surface area contributed by atoms with Gasteiger partial charge in [-0.1, -0.05) is 0 Å². The number of nitrogens with zero attached hydrogens (tertiary/aromatic N) is 2. The number of anilines is 1. The van der Waals surface area contributed by atoms with E-state index in [4.69, 9.17) is 18.9 Å². The SMILES string of the molecule is COc1ccc(N2CCN(CC3CCc4c(cc(OC)c(OC)c4OC)C3=O)CC2)cc1. The Morgan fingerprint density at radius 1 is 0.875 bits per heavy atom. The van der Waals surface area contributed by atoms with Crippen LogP contribution in [0.2, 0.25) is 0 Å². The van der Waals surface area contributed by atoms with Crippen LogP contribution in [0.15, 0.2) is 30.3 Å². The first-order valence-electron chi connectivity index (χ1n) is 11.1. The topological polar surface area (TPSA) is 60.5 Å². The first-order chi connectivity index (χ1) is 15.6. The molecular weight excluding hydrogens is 408 g/mol. The normalized spacial score (nSPS) is 18.8. The number of carbonyl (C=O) groups excluding carboxylic acids is 1. The van der Waals surface area contributed by atoms with Gasteiger partial charge in [-0.2, -0.15) is 0 Å². The summed E-state index contributed by atoms with van der Waals surface area (Å²) in [5.74, 6) is 2.72. The molecule has 2 aliphatic rings. The number of hydrogen-bond acceptors (Lipinski definition) is 7. The summed E-state index contributed by atoms with van der Waals surface area (Å²) in [5.41, 5.74) is 2.84. The average Bonchev–Trinajstić information content (AvgIpc) is 2.85. The van der Waals surface area contributed by atoms with E-state index >= 15 is 0 Å². The summed E-state index contributed by atoms with van der Waals surface area (Å²) in [7, 11) is 6.46. The van der Waals surface area contributed by atoms with Crippen LogP contribution in [0.4, 0.5) is 5.69 Å². The lowest BCUT2D eigenvalue weighted by Gasteiger charge is -2.38. The average molecular weight is 441 g/mol. The molecule has 172 valence electrons. The minimum Gasteiger partial charge on any atom is -0.497 e. The van der Waals surface area contributed by atoms with Crippen LogP contribution in [-0.2, 0) is 6.42 Å². The van der Waals surface area contributed by atoms with Gasteiger partial charge in [-0.05, 0) is 43.2 Å². The van der Waals surface area contributed by atoms with Gasteiger partial charge in [0.05, 0.1) is 28.4 Å². The number of hydrogen-bond donors (Lipinski definition) is 0. The van der Waals surface area contributed by atoms with Gasteiger partial charge in [0.1, 0.15) is 5.75 Å². The fraction of sp³-hybridized carbons (Fsp3) is 0.480. The van der Waals surface area contributed by atoms with Crippen LogP contribution in [0, 0.1) is 5.92 Å². The van der Waals surface area contributed by atoms with Gasteiger partial charge in [0, 0.05) is 55.5 Å². The third-order valence-electron chi connectivity index (χ3n) is 6.60. The number of methoxy groups -OCH3 is 4. The fourth-order valence-electron chi connectivity index (χ4n) is 4.82. The number of fused-ring (bicyclic) bond motifs is 1. The van der Waals surface area contributed by atoms with Crippen molar-refractivity contribution >= 4 is 11.5 Å². The second kappa shape index (κ2) is 9.69. The lowest BCUT2D eigenvalue weighted by atomic mass is 9.81. The predicted molar refractivity (Wildman–Crippen MR) is 124 cm³/mol. The number of Topliss-reactive ketones (excluding diaryl/α,β-unsaturated/α-hetero) is 1. The van der Waals surface area contributed by atoms with Gasteiger partial charge in [-0.3, -0.25) is 9.69 Å². The quantitative estimate of drug-likeness (QED) is 0.655. The summed E-state index contributed by atoms with van der Waals surface area (Å²) in [4.78, 5) is 18.2. The molecule has 0 spiro atoms. The number of ether oxygens (including phenoxy) is 4. The molecule has 1 atom stereocenters. The molecule has 0 saturated carbocycles. The lowest BCUT2D eigenvalue weighted by Crippen LogP contribution is -2.49. The molecule has 0 aromatic heterocycles. The van der Waals surface area contributed by atoms with Crippen molar-refractivity contribution in [3.8, 4) is 23.0 Å². The molecule has 7 nitrogen and oxygen atoms in total. The summed E-state index contributed by atoms with van der Waals surface area (Å²) in [6, 6.07) is 10.0. The highest BCUT2D eigenvalue weighted by atomic mass is 16.5. The zero-order chi connectivity index (χ0) is 22.7. The molecule has 2 aromatic rings. The van der Waals surface area contributed by atoms with Crippen molar-refractivity contribution in [1.29, 1.82) is 0 Å². The highest BCUT2D eigenvalue weighted by Gasteiger charge is 2.34. The molecule has 0 amide bonds. The molecule has 1 saturated heterocycles. The van der Waals surface area contributed by atoms with Gasteiger partial charge in [-0.25, -0.2) is 0 Å². The second-order valence-electron chi connectivity index (χ2n) is 8.26. The highest BCUT2D eigenvalue weighted by molar-refractivity contribution is 6.02. The summed E-state index contributed by atoms with van der Waals surface area (Å²) in [6.07, 6.45) is 1.61. The minimum absolute atomic E-state index is 0.0159. The largest absolute Gasteiger partial charge is 0.497 e. The third kappa shape index (κ3) is 4.21. The Morgan fingerprint density at radius 3 is 2.16 bits per heavy atom. The smallest absolute Gasteiger partial charge is 0.203 e. The molecule has 1 aliphatic heterocycles. The van der Waals surface area contributed by atoms with Gasteiger partial charge < -0.3 is 23.8 Å². The fourth-order valence-corrected chi connectivity index (χ4v) is 4.82. The summed E-state index contributed by atoms with van der Waals surface area (Å²) < 4.78 is 21.8. The Morgan fingerprint density at radius 2 is 1.56 bits per heavy atom. The number of carbonyl (C=O) groups is 1. The van der Waals surface area contributed by atoms with Gasteiger partial charge >= 0.3 is 0 Å². The molecule has 1 aliphatic carbocycles. The van der Waals surface area contributed by atoms with Crippen molar-refractivity contribution in [2.24, 2.45) is 5.92 Å². The van der Waals surface area contributed by atoms with Gasteiger partial charge in [0.25, 0.3) is 0 Å². The molecule has 2 aromatic carbocycles. The molecule has 1 heterocycles. The Hall–Kier alpha value is -2.93. The first kappa shape index (κ1) is 22.3. The van der Waals surface area contributed by atoms with Crippen molar-refractivity contribution in [2.45, 2.75) is 12.8 Å². The van der Waals surface area contributed by atoms with Crippen molar-refractivity contribution in [2.75, 3.05) is 66.1 Å². The van der Waals surface area contributed by atoms with E-state index in [1.54, 1.807) is 28.4 Å². The van der Waals surface area contributed by atoms with E-state index in [0.717, 1.165) is 56.9 Å². The van der Waals surface area contributed by atoms with Crippen LogP contribution in [0.1, 0.15) is 22.3 Å². The van der Waals surface area contributed by atoms with Gasteiger partial charge in [0.2, 0.25) is 5.75 Å². The van der Waals surface area contributed by atoms with E-state index in [9.17, 15) is 4.79 Å². The maximum absolute atomic E-state index is 13.4. The van der Waals surface area contributed by atoms with Crippen molar-refractivity contribution < 1.29 is 23.7 Å². The standard InChI is InChI=1S/C25H32N2O5/c1-29-19-8-6-18(7-9-19)27-13-11-26(12-14-27)16-17-5-10-20-21(23(17)28)15-22(30-2)25(32-4)24(20)31-3/h6-9,15,17H,5,10-14,16H2,1-4H3. The maximum atomic E-state index is 13.4. The number of ketones is 1. The number of piperazine rings is 1. The molecule has 4 rings (SSSR count). The van der Waals surface area contributed by atoms with Crippen LogP contribution in [0.25, 0.3) is 0 Å². The molecule has 0 N–H and O–H groups in total. The van der Waals surface area contributed by atoms with Crippen LogP contribution >= 0.6 is 0 Å². The van der Waals surface area contributed by atoms with Crippen molar-refractivity contribution in [3.63, 3.8) is 0 Å². The predicted octanol–water partition coefficient (Wildman–Crippen LogP) is 3.29. The van der Waals surface area contributed by atoms with Crippen molar-refractivity contribution in [1.82, 2.24) is 4.90 Å². The van der Waals surface area contributed by atoms with Crippen LogP contribution in [0.3, 0.4) is 0 Å². The van der Waals surface area contributed by atoms with Gasteiger partial charge in [-0.15, -0.1) is 0 Å². The van der Waals surface area contributed by atoms with E-state index in [2.05, 4.69) is 21.9 Å². The van der Waals surface area contributed by atoms with E-state index in [1.165, 1.54) is 5.69 Å². The molecule has 7 heteroatoms. The number of rotatable bonds is 7. The molecule has 0 bridgehead atoms. The summed E-state index contributed by atoms with van der Waals surface area (Å²) in [5, 5.41) is 0. The van der Waals surface area contributed by atoms with E-state index in [0.29, 0.717) is 22.8 Å². The van der Waals surface area contributed by atoms with Gasteiger partial charge in [0.15, 0.2) is 17.3 Å². The highest BCUT2D eigenvalue weighted by Crippen LogP contribution is 2.45. The van der Waals surface area contributed by atoms with E-state index < -0.39 is 0 Å². The van der Waals surface area contributed by atoms with Crippen LogP contribution in [0.5, 0.6) is 23.0 Å². The Bertz CT molecular complexity index is 952. The summed E-state index contributed by atoms with van der Waals surface area (Å²) >= 11 is 0. The minimum atomic E-state index is -0.0159. The molecular formula is C25H32N2O5. The Kier molecular flexibility index (Phi) is 6.74. The Labute approximate surface area is 189 Å². The number of benzene rings is 2. The van der Waals surface area contributed by atoms with E-state index in [1.807, 2.05) is 18.2 Å². The van der Waals surface area contributed by atoms with Crippen LogP contribution in [-0.4, -0.2) is 71.8 Å². The first-order valence-corrected chi connectivity index (χ1v) is 11.1. The molecule has 1 unspecified atom stereocenters. The monoisotopic (exact) mass is 440 g/mol. The molecule has 0 radical (unpaired) electrons. The lowest BCUT2D eigenvalue weighted by molar-refractivity contribution is 0.0852. The zero-order valence-corrected chi connectivity index (χ0v) is 19.3.